The quantitative estimate of drug-likeness (QED) is 0.0262. The molecule has 0 aliphatic rings. The van der Waals surface area contributed by atoms with Gasteiger partial charge in [0.05, 0.1) is 0 Å². The summed E-state index contributed by atoms with van der Waals surface area (Å²) in [6, 6.07) is 37.4. The molecule has 0 radical (unpaired) electrons. The van der Waals surface area contributed by atoms with E-state index in [1.807, 2.05) is 87.6 Å². The number of anilines is 2. The standard InChI is InChI=1S/C46H62N4O3S2.H2O/c1-36(2)35-50(41-21-25-43(26-22-41)55-34-14-30-49(6)32-28-39-17-11-8-12-18-39)45(51)46(52)53-44(37(3)4)47-40-19-23-42(24-20-40)54-33-13-29-48(5)31-27-38-15-9-7-10-16-38;/h7-12,15-26,36-37,44,47H,13-14,27-35H2,1-6H3;1H2. The van der Waals surface area contributed by atoms with Crippen LogP contribution < -0.4 is 10.2 Å². The maximum atomic E-state index is 13.6. The van der Waals surface area contributed by atoms with Crippen molar-refractivity contribution in [3.05, 3.63) is 120 Å². The van der Waals surface area contributed by atoms with E-state index in [1.54, 1.807) is 4.90 Å². The number of rotatable bonds is 23. The van der Waals surface area contributed by atoms with Gasteiger partial charge in [0.2, 0.25) is 0 Å². The minimum Gasteiger partial charge on any atom is -0.434 e. The Morgan fingerprint density at radius 3 is 1.55 bits per heavy atom. The van der Waals surface area contributed by atoms with Crippen LogP contribution in [0.2, 0.25) is 0 Å². The van der Waals surface area contributed by atoms with Gasteiger partial charge in [-0.25, -0.2) is 4.79 Å². The number of ether oxygens (including phenoxy) is 1. The van der Waals surface area contributed by atoms with Crippen LogP contribution in [0.3, 0.4) is 0 Å². The Balaban J connectivity index is 0.00000841. The molecule has 4 rings (SSSR count). The molecule has 1 unspecified atom stereocenters. The van der Waals surface area contributed by atoms with Crippen molar-refractivity contribution in [1.82, 2.24) is 9.80 Å². The zero-order valence-corrected chi connectivity index (χ0v) is 35.9. The summed E-state index contributed by atoms with van der Waals surface area (Å²) in [5.41, 5.74) is 4.29. The summed E-state index contributed by atoms with van der Waals surface area (Å²) in [6.45, 7) is 12.6. The number of carbonyl (C=O) groups is 2. The molecule has 0 saturated heterocycles. The number of esters is 1. The molecule has 56 heavy (non-hydrogen) atoms. The van der Waals surface area contributed by atoms with Gasteiger partial charge >= 0.3 is 11.9 Å². The van der Waals surface area contributed by atoms with Crippen LogP contribution in [-0.4, -0.2) is 91.7 Å². The fraction of sp³-hybridized carbons (Fsp3) is 0.435. The van der Waals surface area contributed by atoms with Gasteiger partial charge in [-0.3, -0.25) is 4.79 Å². The first-order chi connectivity index (χ1) is 26.6. The Morgan fingerprint density at radius 1 is 0.643 bits per heavy atom. The molecule has 4 aromatic rings. The lowest BCUT2D eigenvalue weighted by Crippen LogP contribution is -2.43. The summed E-state index contributed by atoms with van der Waals surface area (Å²) in [7, 11) is 4.37. The van der Waals surface area contributed by atoms with Gasteiger partial charge < -0.3 is 30.2 Å². The third-order valence-electron chi connectivity index (χ3n) is 9.27. The van der Waals surface area contributed by atoms with Gasteiger partial charge in [0.1, 0.15) is 0 Å². The number of benzene rings is 4. The number of amides is 1. The average molecular weight is 801 g/mol. The van der Waals surface area contributed by atoms with Crippen molar-refractivity contribution in [2.45, 2.75) is 69.4 Å². The highest BCUT2D eigenvalue weighted by Crippen LogP contribution is 2.26. The highest BCUT2D eigenvalue weighted by molar-refractivity contribution is 7.99. The van der Waals surface area contributed by atoms with E-state index < -0.39 is 18.1 Å². The summed E-state index contributed by atoms with van der Waals surface area (Å²) < 4.78 is 5.83. The normalized spacial score (nSPS) is 11.8. The number of carbonyl (C=O) groups excluding carboxylic acids is 2. The SMILES string of the molecule is CC(C)CN(C(=O)C(=O)OC(Nc1ccc(SCCCN(C)CCc2ccccc2)cc1)C(C)C)c1ccc(SCCCN(C)CCc2ccccc2)cc1.O. The molecule has 0 aliphatic carbocycles. The van der Waals surface area contributed by atoms with Crippen LogP contribution in [0.1, 0.15) is 51.7 Å². The molecule has 0 fully saturated rings. The monoisotopic (exact) mass is 800 g/mol. The molecule has 3 N–H and O–H groups in total. The first kappa shape index (κ1) is 46.6. The van der Waals surface area contributed by atoms with Crippen molar-refractivity contribution < 1.29 is 19.8 Å². The zero-order chi connectivity index (χ0) is 39.4. The van der Waals surface area contributed by atoms with Gasteiger partial charge in [0.25, 0.3) is 0 Å². The van der Waals surface area contributed by atoms with Crippen molar-refractivity contribution in [3.8, 4) is 0 Å². The van der Waals surface area contributed by atoms with Crippen molar-refractivity contribution in [3.63, 3.8) is 0 Å². The molecule has 0 heterocycles. The summed E-state index contributed by atoms with van der Waals surface area (Å²) in [5, 5.41) is 3.34. The highest BCUT2D eigenvalue weighted by atomic mass is 32.2. The first-order valence-electron chi connectivity index (χ1n) is 19.8. The summed E-state index contributed by atoms with van der Waals surface area (Å²) in [4.78, 5) is 35.6. The van der Waals surface area contributed by atoms with Crippen LogP contribution >= 0.6 is 23.5 Å². The van der Waals surface area contributed by atoms with Crippen LogP contribution in [0.15, 0.2) is 119 Å². The van der Waals surface area contributed by atoms with Gasteiger partial charge in [-0.1, -0.05) is 88.4 Å². The lowest BCUT2D eigenvalue weighted by atomic mass is 10.1. The van der Waals surface area contributed by atoms with E-state index in [0.29, 0.717) is 12.2 Å². The number of nitrogens with zero attached hydrogens (tertiary/aromatic N) is 3. The van der Waals surface area contributed by atoms with E-state index in [1.165, 1.54) is 16.0 Å². The fourth-order valence-electron chi connectivity index (χ4n) is 6.01. The molecule has 304 valence electrons. The maximum Gasteiger partial charge on any atom is 0.399 e. The van der Waals surface area contributed by atoms with E-state index in [4.69, 9.17) is 4.74 Å². The van der Waals surface area contributed by atoms with E-state index in [2.05, 4.69) is 102 Å². The Hall–Kier alpha value is -3.80. The third-order valence-corrected chi connectivity index (χ3v) is 11.5. The van der Waals surface area contributed by atoms with Crippen molar-refractivity contribution in [2.24, 2.45) is 11.8 Å². The van der Waals surface area contributed by atoms with E-state index in [0.717, 1.165) is 74.0 Å². The van der Waals surface area contributed by atoms with Crippen molar-refractivity contribution in [2.75, 3.05) is 68.5 Å². The minimum absolute atomic E-state index is 0. The first-order valence-corrected chi connectivity index (χ1v) is 21.7. The predicted molar refractivity (Wildman–Crippen MR) is 238 cm³/mol. The number of thioether (sulfide) groups is 2. The Kier molecular flexibility index (Phi) is 21.2. The Morgan fingerprint density at radius 2 is 1.11 bits per heavy atom. The average Bonchev–Trinajstić information content (AvgIpc) is 3.19. The second-order valence-corrected chi connectivity index (χ2v) is 17.4. The number of likely N-dealkylation sites (N-methyl/N-ethyl adjacent to an activating group) is 2. The van der Waals surface area contributed by atoms with E-state index >= 15 is 0 Å². The number of nitrogens with one attached hydrogen (secondary N) is 1. The second-order valence-electron chi connectivity index (χ2n) is 15.0. The highest BCUT2D eigenvalue weighted by Gasteiger charge is 2.29. The van der Waals surface area contributed by atoms with E-state index in [9.17, 15) is 9.59 Å². The topological polar surface area (TPSA) is 96.6 Å². The minimum atomic E-state index is -0.859. The number of hydrogen-bond acceptors (Lipinski definition) is 8. The lowest BCUT2D eigenvalue weighted by molar-refractivity contribution is -0.158. The Bertz CT molecular complexity index is 1680. The zero-order valence-electron chi connectivity index (χ0n) is 34.3. The molecule has 10 heteroatoms. The van der Waals surface area contributed by atoms with Gasteiger partial charge in [-0.2, -0.15) is 0 Å². The Labute approximate surface area is 345 Å². The third kappa shape index (κ3) is 17.1. The van der Waals surface area contributed by atoms with Crippen molar-refractivity contribution in [1.29, 1.82) is 0 Å². The molecule has 8 nitrogen and oxygen atoms in total. The van der Waals surface area contributed by atoms with Gasteiger partial charge in [0, 0.05) is 46.7 Å². The van der Waals surface area contributed by atoms with Crippen LogP contribution in [-0.2, 0) is 27.2 Å². The predicted octanol–water partition coefficient (Wildman–Crippen LogP) is 8.80. The smallest absolute Gasteiger partial charge is 0.399 e. The second kappa shape index (κ2) is 25.5. The molecule has 1 amide bonds. The molecule has 0 spiro atoms. The molecule has 0 bridgehead atoms. The van der Waals surface area contributed by atoms with Crippen LogP contribution in [0.5, 0.6) is 0 Å². The summed E-state index contributed by atoms with van der Waals surface area (Å²) >= 11 is 3.66. The molecular formula is C46H64N4O4S2. The molecule has 0 aliphatic heterocycles. The number of hydrogen-bond donors (Lipinski definition) is 1. The lowest BCUT2D eigenvalue weighted by Gasteiger charge is -2.27. The maximum absolute atomic E-state index is 13.6. The van der Waals surface area contributed by atoms with Gasteiger partial charge in [-0.05, 0) is 130 Å². The van der Waals surface area contributed by atoms with Gasteiger partial charge in [0.15, 0.2) is 6.23 Å². The van der Waals surface area contributed by atoms with Crippen molar-refractivity contribution >= 4 is 46.8 Å². The largest absolute Gasteiger partial charge is 0.434 e. The van der Waals surface area contributed by atoms with E-state index in [-0.39, 0.29) is 17.3 Å². The summed E-state index contributed by atoms with van der Waals surface area (Å²) in [5.74, 6) is 0.650. The van der Waals surface area contributed by atoms with Crippen LogP contribution in [0.25, 0.3) is 0 Å². The molecule has 1 atom stereocenters. The van der Waals surface area contributed by atoms with Gasteiger partial charge in [-0.15, -0.1) is 23.5 Å². The van der Waals surface area contributed by atoms with Crippen LogP contribution in [0.4, 0.5) is 11.4 Å². The summed E-state index contributed by atoms with van der Waals surface area (Å²) in [6.07, 6.45) is 3.67. The molecular weight excluding hydrogens is 737 g/mol. The van der Waals surface area contributed by atoms with Crippen LogP contribution in [0, 0.1) is 11.8 Å². The molecule has 0 aromatic heterocycles. The molecule has 0 saturated carbocycles. The fourth-order valence-corrected chi connectivity index (χ4v) is 7.69. The molecule has 4 aromatic carbocycles.